The van der Waals surface area contributed by atoms with Gasteiger partial charge < -0.3 is 10.1 Å². The van der Waals surface area contributed by atoms with Gasteiger partial charge in [0.1, 0.15) is 0 Å². The van der Waals surface area contributed by atoms with Crippen LogP contribution in [0.5, 0.6) is 0 Å². The van der Waals surface area contributed by atoms with Crippen LogP contribution < -0.4 is 5.32 Å². The van der Waals surface area contributed by atoms with Crippen molar-refractivity contribution in [3.63, 3.8) is 0 Å². The molecule has 0 radical (unpaired) electrons. The smallest absolute Gasteiger partial charge is 0.0944 e. The Morgan fingerprint density at radius 2 is 2.14 bits per heavy atom. The molecule has 1 fully saturated rings. The van der Waals surface area contributed by atoms with E-state index in [0.717, 1.165) is 19.4 Å². The topological polar surface area (TPSA) is 34.2 Å². The molecule has 3 nitrogen and oxygen atoms in total. The standard InChI is InChI=1S/C17H30N2OS/c1-6-18-13(11-17(20-5)8-7-9-17)10-15-19-14(12-21-15)16(2,3)4/h12-13,18H,6-11H2,1-5H3. The zero-order chi connectivity index (χ0) is 15.5. The average Bonchev–Trinajstić information content (AvgIpc) is 2.82. The van der Waals surface area contributed by atoms with E-state index in [1.54, 1.807) is 11.3 Å². The molecule has 0 aliphatic heterocycles. The number of thiazole rings is 1. The molecular weight excluding hydrogens is 280 g/mol. The lowest BCUT2D eigenvalue weighted by Gasteiger charge is -2.43. The molecule has 0 spiro atoms. The Bertz CT molecular complexity index is 440. The first-order valence-electron chi connectivity index (χ1n) is 8.12. The third-order valence-electron chi connectivity index (χ3n) is 4.55. The summed E-state index contributed by atoms with van der Waals surface area (Å²) < 4.78 is 5.79. The summed E-state index contributed by atoms with van der Waals surface area (Å²) in [6.45, 7) is 9.85. The maximum Gasteiger partial charge on any atom is 0.0944 e. The van der Waals surface area contributed by atoms with Crippen molar-refractivity contribution in [2.24, 2.45) is 0 Å². The first-order chi connectivity index (χ1) is 9.88. The molecule has 0 aromatic carbocycles. The lowest BCUT2D eigenvalue weighted by atomic mass is 9.75. The van der Waals surface area contributed by atoms with Gasteiger partial charge in [0, 0.05) is 30.4 Å². The second-order valence-corrected chi connectivity index (χ2v) is 8.22. The van der Waals surface area contributed by atoms with Crippen LogP contribution in [0.2, 0.25) is 0 Å². The highest BCUT2D eigenvalue weighted by Gasteiger charge is 2.39. The Balaban J connectivity index is 2.00. The van der Waals surface area contributed by atoms with E-state index in [1.807, 2.05) is 7.11 Å². The van der Waals surface area contributed by atoms with Crippen LogP contribution in [0.1, 0.15) is 64.1 Å². The minimum atomic E-state index is 0.122. The number of nitrogens with one attached hydrogen (secondary N) is 1. The summed E-state index contributed by atoms with van der Waals surface area (Å²) in [6, 6.07) is 0.467. The zero-order valence-electron chi connectivity index (χ0n) is 14.2. The van der Waals surface area contributed by atoms with Gasteiger partial charge in [0.25, 0.3) is 0 Å². The minimum Gasteiger partial charge on any atom is -0.378 e. The van der Waals surface area contributed by atoms with E-state index in [9.17, 15) is 0 Å². The van der Waals surface area contributed by atoms with Crippen molar-refractivity contribution in [1.82, 2.24) is 10.3 Å². The fourth-order valence-electron chi connectivity index (χ4n) is 2.98. The maximum absolute atomic E-state index is 5.79. The zero-order valence-corrected chi connectivity index (χ0v) is 15.0. The van der Waals surface area contributed by atoms with Gasteiger partial charge in [-0.05, 0) is 32.2 Å². The third-order valence-corrected chi connectivity index (χ3v) is 5.42. The highest BCUT2D eigenvalue weighted by molar-refractivity contribution is 7.09. The first-order valence-corrected chi connectivity index (χ1v) is 9.00. The van der Waals surface area contributed by atoms with E-state index in [-0.39, 0.29) is 11.0 Å². The maximum atomic E-state index is 5.79. The molecule has 120 valence electrons. The Kier molecular flexibility index (Phi) is 5.44. The van der Waals surface area contributed by atoms with Crippen LogP contribution in [0.3, 0.4) is 0 Å². The Labute approximate surface area is 133 Å². The summed E-state index contributed by atoms with van der Waals surface area (Å²) >= 11 is 1.80. The van der Waals surface area contributed by atoms with Gasteiger partial charge in [-0.15, -0.1) is 11.3 Å². The van der Waals surface area contributed by atoms with Gasteiger partial charge in [-0.1, -0.05) is 27.7 Å². The van der Waals surface area contributed by atoms with Crippen LogP contribution in [0, 0.1) is 0 Å². The van der Waals surface area contributed by atoms with Crippen LogP contribution in [0.4, 0.5) is 0 Å². The van der Waals surface area contributed by atoms with Crippen LogP contribution in [0.15, 0.2) is 5.38 Å². The molecule has 1 heterocycles. The molecule has 2 rings (SSSR count). The fraction of sp³-hybridized carbons (Fsp3) is 0.824. The van der Waals surface area contributed by atoms with Gasteiger partial charge in [-0.3, -0.25) is 0 Å². The predicted molar refractivity (Wildman–Crippen MR) is 90.2 cm³/mol. The average molecular weight is 311 g/mol. The summed E-state index contributed by atoms with van der Waals surface area (Å²) in [5.41, 5.74) is 1.48. The van der Waals surface area contributed by atoms with E-state index >= 15 is 0 Å². The van der Waals surface area contributed by atoms with Gasteiger partial charge in [0.05, 0.1) is 16.3 Å². The predicted octanol–water partition coefficient (Wildman–Crippen LogP) is 3.92. The number of rotatable bonds is 7. The molecule has 1 saturated carbocycles. The minimum absolute atomic E-state index is 0.122. The SMILES string of the molecule is CCNC(Cc1nc(C(C)(C)C)cs1)CC1(OC)CCC1. The third kappa shape index (κ3) is 4.27. The van der Waals surface area contributed by atoms with Gasteiger partial charge in [-0.25, -0.2) is 4.98 Å². The van der Waals surface area contributed by atoms with Crippen molar-refractivity contribution in [3.05, 3.63) is 16.1 Å². The van der Waals surface area contributed by atoms with Crippen LogP contribution in [-0.4, -0.2) is 30.3 Å². The van der Waals surface area contributed by atoms with Crippen molar-refractivity contribution in [2.45, 2.75) is 76.9 Å². The summed E-state index contributed by atoms with van der Waals surface area (Å²) in [5.74, 6) is 0. The largest absolute Gasteiger partial charge is 0.378 e. The van der Waals surface area contributed by atoms with E-state index in [1.165, 1.54) is 30.0 Å². The van der Waals surface area contributed by atoms with Gasteiger partial charge in [0.15, 0.2) is 0 Å². The van der Waals surface area contributed by atoms with Crippen molar-refractivity contribution in [1.29, 1.82) is 0 Å². The normalized spacial score (nSPS) is 19.3. The Morgan fingerprint density at radius 3 is 2.57 bits per heavy atom. The fourth-order valence-corrected chi connectivity index (χ4v) is 4.08. The number of hydrogen-bond acceptors (Lipinski definition) is 4. The second-order valence-electron chi connectivity index (χ2n) is 7.28. The van der Waals surface area contributed by atoms with Crippen molar-refractivity contribution in [3.8, 4) is 0 Å². The molecule has 1 unspecified atom stereocenters. The van der Waals surface area contributed by atoms with Crippen LogP contribution in [-0.2, 0) is 16.6 Å². The van der Waals surface area contributed by atoms with Gasteiger partial charge in [0.2, 0.25) is 0 Å². The molecule has 21 heavy (non-hydrogen) atoms. The van der Waals surface area contributed by atoms with E-state index in [0.29, 0.717) is 6.04 Å². The van der Waals surface area contributed by atoms with Crippen LogP contribution in [0.25, 0.3) is 0 Å². The Hall–Kier alpha value is -0.450. The number of ether oxygens (including phenoxy) is 1. The molecule has 1 aliphatic carbocycles. The van der Waals surface area contributed by atoms with Gasteiger partial charge in [-0.2, -0.15) is 0 Å². The molecule has 1 aromatic rings. The summed E-state index contributed by atoms with van der Waals surface area (Å²) in [6.07, 6.45) is 5.83. The van der Waals surface area contributed by atoms with Crippen LogP contribution >= 0.6 is 11.3 Å². The number of hydrogen-bond donors (Lipinski definition) is 1. The highest BCUT2D eigenvalue weighted by atomic mass is 32.1. The van der Waals surface area contributed by atoms with Gasteiger partial charge >= 0.3 is 0 Å². The summed E-state index contributed by atoms with van der Waals surface area (Å²) in [7, 11) is 1.86. The lowest BCUT2D eigenvalue weighted by Crippen LogP contribution is -2.46. The number of nitrogens with zero attached hydrogens (tertiary/aromatic N) is 1. The van der Waals surface area contributed by atoms with E-state index in [4.69, 9.17) is 9.72 Å². The van der Waals surface area contributed by atoms with E-state index < -0.39 is 0 Å². The molecule has 4 heteroatoms. The van der Waals surface area contributed by atoms with E-state index in [2.05, 4.69) is 38.4 Å². The highest BCUT2D eigenvalue weighted by Crippen LogP contribution is 2.39. The quantitative estimate of drug-likeness (QED) is 0.829. The summed E-state index contributed by atoms with van der Waals surface area (Å²) in [4.78, 5) is 4.84. The molecule has 1 aliphatic rings. The molecule has 1 aromatic heterocycles. The molecule has 1 atom stereocenters. The Morgan fingerprint density at radius 1 is 1.43 bits per heavy atom. The molecule has 0 saturated heterocycles. The molecule has 1 N–H and O–H groups in total. The number of likely N-dealkylation sites (N-methyl/N-ethyl adjacent to an activating group) is 1. The molecule has 0 amide bonds. The first kappa shape index (κ1) is 16.9. The van der Waals surface area contributed by atoms with Crippen molar-refractivity contribution in [2.75, 3.05) is 13.7 Å². The van der Waals surface area contributed by atoms with Crippen molar-refractivity contribution < 1.29 is 4.74 Å². The number of methoxy groups -OCH3 is 1. The molecule has 0 bridgehead atoms. The molecular formula is C17H30N2OS. The second kappa shape index (κ2) is 6.76. The van der Waals surface area contributed by atoms with Crippen molar-refractivity contribution >= 4 is 11.3 Å². The lowest BCUT2D eigenvalue weighted by molar-refractivity contribution is -0.0833. The number of aromatic nitrogens is 1. The monoisotopic (exact) mass is 310 g/mol. The summed E-state index contributed by atoms with van der Waals surface area (Å²) in [5, 5.41) is 7.09.